The lowest BCUT2D eigenvalue weighted by Gasteiger charge is -2.13. The van der Waals surface area contributed by atoms with Gasteiger partial charge in [0.15, 0.2) is 0 Å². The molecule has 0 amide bonds. The maximum atomic E-state index is 9.99. The van der Waals surface area contributed by atoms with Crippen molar-refractivity contribution in [2.45, 2.75) is 97.5 Å². The van der Waals surface area contributed by atoms with Gasteiger partial charge in [-0.25, -0.2) is 0 Å². The van der Waals surface area contributed by atoms with Gasteiger partial charge in [-0.15, -0.1) is 5.92 Å². The van der Waals surface area contributed by atoms with Gasteiger partial charge in [0, 0.05) is 12.3 Å². The van der Waals surface area contributed by atoms with Crippen molar-refractivity contribution in [1.82, 2.24) is 0 Å². The lowest BCUT2D eigenvalue weighted by atomic mass is 9.99. The molecule has 0 fully saturated rings. The van der Waals surface area contributed by atoms with Gasteiger partial charge in [0.1, 0.15) is 0 Å². The molecule has 0 aromatic heterocycles. The molecule has 19 heavy (non-hydrogen) atoms. The molecule has 0 aliphatic rings. The minimum atomic E-state index is -0.232. The summed E-state index contributed by atoms with van der Waals surface area (Å²) in [6.07, 6.45) is 13.1. The van der Waals surface area contributed by atoms with Crippen molar-refractivity contribution in [1.29, 1.82) is 0 Å². The number of aliphatic hydroxyl groups excluding tert-OH is 1. The number of hydrogen-bond donors (Lipinski definition) is 1. The van der Waals surface area contributed by atoms with Gasteiger partial charge >= 0.3 is 0 Å². The Kier molecular flexibility index (Phi) is 13.6. The number of rotatable bonds is 11. The molecule has 1 nitrogen and oxygen atoms in total. The van der Waals surface area contributed by atoms with Gasteiger partial charge < -0.3 is 5.11 Å². The Balaban J connectivity index is 3.56. The predicted molar refractivity (Wildman–Crippen MR) is 85.1 cm³/mol. The van der Waals surface area contributed by atoms with E-state index in [-0.39, 0.29) is 12.0 Å². The summed E-state index contributed by atoms with van der Waals surface area (Å²) in [5, 5.41) is 9.99. The van der Waals surface area contributed by atoms with E-state index in [0.29, 0.717) is 0 Å². The third kappa shape index (κ3) is 12.3. The van der Waals surface area contributed by atoms with Crippen molar-refractivity contribution in [2.75, 3.05) is 0 Å². The number of hydrogen-bond acceptors (Lipinski definition) is 1. The van der Waals surface area contributed by atoms with Gasteiger partial charge in [0.05, 0.1) is 6.10 Å². The SMILES string of the molecule is CCCCCCCC#C[C@@H](C)[C@@H](O)CCCCCC. The van der Waals surface area contributed by atoms with E-state index in [9.17, 15) is 5.11 Å². The molecule has 0 aromatic rings. The summed E-state index contributed by atoms with van der Waals surface area (Å²) in [6.45, 7) is 6.50. The Morgan fingerprint density at radius 2 is 1.42 bits per heavy atom. The third-order valence-electron chi connectivity index (χ3n) is 3.67. The maximum absolute atomic E-state index is 9.99. The Labute approximate surface area is 121 Å². The lowest BCUT2D eigenvalue weighted by Crippen LogP contribution is -2.15. The van der Waals surface area contributed by atoms with Crippen LogP contribution >= 0.6 is 0 Å². The first-order chi connectivity index (χ1) is 9.22. The first kappa shape index (κ1) is 18.5. The summed E-state index contributed by atoms with van der Waals surface area (Å²) >= 11 is 0. The highest BCUT2D eigenvalue weighted by atomic mass is 16.3. The molecule has 0 unspecified atom stereocenters. The molecule has 0 rings (SSSR count). The van der Waals surface area contributed by atoms with E-state index < -0.39 is 0 Å². The average Bonchev–Trinajstić information content (AvgIpc) is 2.42. The van der Waals surface area contributed by atoms with E-state index >= 15 is 0 Å². The Hall–Kier alpha value is -0.480. The Morgan fingerprint density at radius 1 is 0.842 bits per heavy atom. The van der Waals surface area contributed by atoms with Gasteiger partial charge in [-0.05, 0) is 19.8 Å². The van der Waals surface area contributed by atoms with Gasteiger partial charge in [0.25, 0.3) is 0 Å². The molecule has 112 valence electrons. The van der Waals surface area contributed by atoms with E-state index in [1.807, 2.05) is 0 Å². The van der Waals surface area contributed by atoms with Gasteiger partial charge in [0.2, 0.25) is 0 Å². The van der Waals surface area contributed by atoms with E-state index in [2.05, 4.69) is 32.6 Å². The largest absolute Gasteiger partial charge is 0.392 e. The van der Waals surface area contributed by atoms with Gasteiger partial charge in [-0.3, -0.25) is 0 Å². The van der Waals surface area contributed by atoms with Gasteiger partial charge in [-0.2, -0.15) is 0 Å². The minimum Gasteiger partial charge on any atom is -0.392 e. The number of aliphatic hydroxyl groups is 1. The summed E-state index contributed by atoms with van der Waals surface area (Å²) in [5.41, 5.74) is 0. The summed E-state index contributed by atoms with van der Waals surface area (Å²) in [4.78, 5) is 0. The average molecular weight is 266 g/mol. The zero-order valence-corrected chi connectivity index (χ0v) is 13.4. The first-order valence-corrected chi connectivity index (χ1v) is 8.38. The molecule has 0 saturated carbocycles. The summed E-state index contributed by atoms with van der Waals surface area (Å²) in [6, 6.07) is 0. The highest BCUT2D eigenvalue weighted by Gasteiger charge is 2.10. The number of unbranched alkanes of at least 4 members (excludes halogenated alkanes) is 8. The molecule has 1 N–H and O–H groups in total. The molecular weight excluding hydrogens is 232 g/mol. The summed E-state index contributed by atoms with van der Waals surface area (Å²) in [7, 11) is 0. The zero-order chi connectivity index (χ0) is 14.3. The fourth-order valence-corrected chi connectivity index (χ4v) is 2.18. The van der Waals surface area contributed by atoms with E-state index in [1.165, 1.54) is 51.4 Å². The van der Waals surface area contributed by atoms with Crippen LogP contribution in [-0.2, 0) is 0 Å². The van der Waals surface area contributed by atoms with E-state index in [4.69, 9.17) is 0 Å². The van der Waals surface area contributed by atoms with Crippen molar-refractivity contribution in [3.05, 3.63) is 0 Å². The monoisotopic (exact) mass is 266 g/mol. The molecule has 0 bridgehead atoms. The molecule has 0 spiro atoms. The minimum absolute atomic E-state index is 0.136. The van der Waals surface area contributed by atoms with Crippen LogP contribution in [0.25, 0.3) is 0 Å². The molecule has 0 radical (unpaired) electrons. The van der Waals surface area contributed by atoms with Crippen LogP contribution in [0.1, 0.15) is 91.4 Å². The van der Waals surface area contributed by atoms with Crippen LogP contribution in [-0.4, -0.2) is 11.2 Å². The predicted octanol–water partition coefficient (Wildman–Crippen LogP) is 5.32. The topological polar surface area (TPSA) is 20.2 Å². The Bertz CT molecular complexity index is 236. The van der Waals surface area contributed by atoms with E-state index in [1.54, 1.807) is 0 Å². The Morgan fingerprint density at radius 3 is 2.05 bits per heavy atom. The fraction of sp³-hybridized carbons (Fsp3) is 0.889. The van der Waals surface area contributed by atoms with Crippen molar-refractivity contribution >= 4 is 0 Å². The van der Waals surface area contributed by atoms with Crippen molar-refractivity contribution in [2.24, 2.45) is 5.92 Å². The van der Waals surface area contributed by atoms with Crippen molar-refractivity contribution < 1.29 is 5.11 Å². The standard InChI is InChI=1S/C18H34O/c1-4-6-8-10-11-12-13-15-17(3)18(19)16-14-9-7-5-2/h17-19H,4-12,14,16H2,1-3H3/t17-,18+/m1/s1. The van der Waals surface area contributed by atoms with Gasteiger partial charge in [-0.1, -0.05) is 71.1 Å². The summed E-state index contributed by atoms with van der Waals surface area (Å²) < 4.78 is 0. The molecule has 2 atom stereocenters. The fourth-order valence-electron chi connectivity index (χ4n) is 2.18. The zero-order valence-electron chi connectivity index (χ0n) is 13.4. The second-order valence-corrected chi connectivity index (χ2v) is 5.69. The van der Waals surface area contributed by atoms with Crippen LogP contribution in [0.4, 0.5) is 0 Å². The first-order valence-electron chi connectivity index (χ1n) is 8.38. The van der Waals surface area contributed by atoms with E-state index in [0.717, 1.165) is 19.3 Å². The van der Waals surface area contributed by atoms with Crippen LogP contribution in [0.5, 0.6) is 0 Å². The molecule has 0 aliphatic heterocycles. The maximum Gasteiger partial charge on any atom is 0.0674 e. The van der Waals surface area contributed by atoms with Crippen LogP contribution in [0, 0.1) is 17.8 Å². The smallest absolute Gasteiger partial charge is 0.0674 e. The summed E-state index contributed by atoms with van der Waals surface area (Å²) in [5.74, 6) is 6.59. The molecule has 0 saturated heterocycles. The third-order valence-corrected chi connectivity index (χ3v) is 3.67. The molecule has 0 aromatic carbocycles. The van der Waals surface area contributed by atoms with Crippen molar-refractivity contribution in [3.8, 4) is 11.8 Å². The second-order valence-electron chi connectivity index (χ2n) is 5.69. The molecule has 0 heterocycles. The lowest BCUT2D eigenvalue weighted by molar-refractivity contribution is 0.128. The molecule has 1 heteroatoms. The highest BCUT2D eigenvalue weighted by molar-refractivity contribution is 5.04. The van der Waals surface area contributed by atoms with Crippen LogP contribution in [0.2, 0.25) is 0 Å². The highest BCUT2D eigenvalue weighted by Crippen LogP contribution is 2.12. The molecular formula is C18H34O. The molecule has 0 aliphatic carbocycles. The van der Waals surface area contributed by atoms with Crippen molar-refractivity contribution in [3.63, 3.8) is 0 Å². The normalized spacial score (nSPS) is 13.7. The van der Waals surface area contributed by atoms with Crippen LogP contribution < -0.4 is 0 Å². The van der Waals surface area contributed by atoms with Crippen LogP contribution in [0.3, 0.4) is 0 Å². The quantitative estimate of drug-likeness (QED) is 0.396. The second kappa shape index (κ2) is 13.9. The van der Waals surface area contributed by atoms with Crippen LogP contribution in [0.15, 0.2) is 0 Å².